The van der Waals surface area contributed by atoms with Crippen LogP contribution in [0.25, 0.3) is 0 Å². The highest BCUT2D eigenvalue weighted by molar-refractivity contribution is 4.81. The molecule has 0 aromatic rings. The summed E-state index contributed by atoms with van der Waals surface area (Å²) in [7, 11) is 0. The Morgan fingerprint density at radius 3 is 2.67 bits per heavy atom. The molecule has 0 aromatic heterocycles. The Morgan fingerprint density at radius 1 is 1.67 bits per heavy atom. The molecule has 0 aliphatic rings. The first-order chi connectivity index (χ1) is 5.52. The van der Waals surface area contributed by atoms with E-state index >= 15 is 0 Å². The summed E-state index contributed by atoms with van der Waals surface area (Å²) in [6, 6.07) is 2.06. The van der Waals surface area contributed by atoms with Gasteiger partial charge in [-0.1, -0.05) is 0 Å². The minimum Gasteiger partial charge on any atom is -0.393 e. The average Bonchev–Trinajstić information content (AvgIpc) is 2.02. The molecule has 0 spiro atoms. The zero-order chi connectivity index (χ0) is 9.61. The summed E-state index contributed by atoms with van der Waals surface area (Å²) in [5.41, 5.74) is -1.09. The van der Waals surface area contributed by atoms with E-state index in [9.17, 15) is 5.11 Å². The van der Waals surface area contributed by atoms with Crippen molar-refractivity contribution in [2.45, 2.75) is 31.9 Å². The zero-order valence-electron chi connectivity index (χ0n) is 7.54. The molecule has 0 bridgehead atoms. The van der Waals surface area contributed by atoms with Crippen molar-refractivity contribution in [3.05, 3.63) is 0 Å². The maximum absolute atomic E-state index is 9.34. The fourth-order valence-electron chi connectivity index (χ4n) is 0.659. The molecule has 0 amide bonds. The van der Waals surface area contributed by atoms with Gasteiger partial charge in [0, 0.05) is 12.6 Å². The second-order valence-corrected chi connectivity index (χ2v) is 3.30. The maximum atomic E-state index is 9.34. The number of rotatable bonds is 5. The van der Waals surface area contributed by atoms with Gasteiger partial charge in [0.25, 0.3) is 0 Å². The van der Waals surface area contributed by atoms with Gasteiger partial charge in [0.05, 0.1) is 24.7 Å². The molecule has 0 fully saturated rings. The lowest BCUT2D eigenvalue weighted by Crippen LogP contribution is -2.43. The highest BCUT2D eigenvalue weighted by Gasteiger charge is 2.18. The summed E-state index contributed by atoms with van der Waals surface area (Å²) in [6.07, 6.45) is 0.404. The summed E-state index contributed by atoms with van der Waals surface area (Å²) >= 11 is 0. The first-order valence-electron chi connectivity index (χ1n) is 3.95. The number of hydrogen-bond acceptors (Lipinski definition) is 4. The Hall–Kier alpha value is -0.630. The standard InChI is InChI=1S/C8H16N2O2/c1-7(3-4-9)10-5-8(2,12)6-11/h7,10-12H,3,5-6H2,1-2H3. The van der Waals surface area contributed by atoms with Crippen LogP contribution in [0.15, 0.2) is 0 Å². The van der Waals surface area contributed by atoms with Crippen LogP contribution in [0.2, 0.25) is 0 Å². The van der Waals surface area contributed by atoms with Gasteiger partial charge in [0.15, 0.2) is 0 Å². The van der Waals surface area contributed by atoms with E-state index in [1.165, 1.54) is 0 Å². The molecule has 0 saturated carbocycles. The molecule has 0 saturated heterocycles. The number of nitrogens with zero attached hydrogens (tertiary/aromatic N) is 1. The number of nitriles is 1. The Balaban J connectivity index is 3.61. The molecule has 2 unspecified atom stereocenters. The van der Waals surface area contributed by atoms with Crippen LogP contribution in [0, 0.1) is 11.3 Å². The van der Waals surface area contributed by atoms with Gasteiger partial charge in [-0.25, -0.2) is 0 Å². The van der Waals surface area contributed by atoms with Crippen molar-refractivity contribution in [1.82, 2.24) is 5.32 Å². The smallest absolute Gasteiger partial charge is 0.0972 e. The van der Waals surface area contributed by atoms with Crippen molar-refractivity contribution in [3.63, 3.8) is 0 Å². The highest BCUT2D eigenvalue weighted by atomic mass is 16.3. The maximum Gasteiger partial charge on any atom is 0.0972 e. The van der Waals surface area contributed by atoms with E-state index in [1.54, 1.807) is 6.92 Å². The Labute approximate surface area is 72.8 Å². The zero-order valence-corrected chi connectivity index (χ0v) is 7.54. The van der Waals surface area contributed by atoms with Gasteiger partial charge in [-0.05, 0) is 13.8 Å². The van der Waals surface area contributed by atoms with Crippen LogP contribution in [0.5, 0.6) is 0 Å². The van der Waals surface area contributed by atoms with Gasteiger partial charge < -0.3 is 15.5 Å². The van der Waals surface area contributed by atoms with E-state index in [4.69, 9.17) is 10.4 Å². The second kappa shape index (κ2) is 5.09. The summed E-state index contributed by atoms with van der Waals surface area (Å²) in [5, 5.41) is 29.3. The molecule has 2 atom stereocenters. The highest BCUT2D eigenvalue weighted by Crippen LogP contribution is 2.00. The molecule has 0 aromatic carbocycles. The van der Waals surface area contributed by atoms with E-state index in [2.05, 4.69) is 5.32 Å². The molecular formula is C8H16N2O2. The van der Waals surface area contributed by atoms with Crippen LogP contribution in [0.1, 0.15) is 20.3 Å². The van der Waals surface area contributed by atoms with Crippen molar-refractivity contribution in [3.8, 4) is 6.07 Å². The average molecular weight is 172 g/mol. The number of aliphatic hydroxyl groups excluding tert-OH is 1. The molecule has 4 nitrogen and oxygen atoms in total. The third kappa shape index (κ3) is 5.08. The lowest BCUT2D eigenvalue weighted by molar-refractivity contribution is 0.00120. The van der Waals surface area contributed by atoms with Crippen molar-refractivity contribution < 1.29 is 10.2 Å². The number of hydrogen-bond donors (Lipinski definition) is 3. The fraction of sp³-hybridized carbons (Fsp3) is 0.875. The summed E-state index contributed by atoms with van der Waals surface area (Å²) in [4.78, 5) is 0. The van der Waals surface area contributed by atoms with Crippen LogP contribution < -0.4 is 5.32 Å². The van der Waals surface area contributed by atoms with Gasteiger partial charge in [0.2, 0.25) is 0 Å². The normalized spacial score (nSPS) is 17.9. The first kappa shape index (κ1) is 11.4. The second-order valence-electron chi connectivity index (χ2n) is 3.30. The molecule has 70 valence electrons. The minimum absolute atomic E-state index is 0.0491. The SMILES string of the molecule is CC(CC#N)NCC(C)(O)CO. The minimum atomic E-state index is -1.09. The van der Waals surface area contributed by atoms with Crippen LogP contribution >= 0.6 is 0 Å². The first-order valence-corrected chi connectivity index (χ1v) is 3.95. The molecule has 4 heteroatoms. The Kier molecular flexibility index (Phi) is 4.83. The van der Waals surface area contributed by atoms with Crippen LogP contribution in [-0.2, 0) is 0 Å². The van der Waals surface area contributed by atoms with Crippen LogP contribution in [-0.4, -0.2) is 35.0 Å². The molecule has 0 radical (unpaired) electrons. The monoisotopic (exact) mass is 172 g/mol. The predicted octanol–water partition coefficient (Wildman–Crippen LogP) is -0.379. The summed E-state index contributed by atoms with van der Waals surface area (Å²) in [6.45, 7) is 3.42. The van der Waals surface area contributed by atoms with Gasteiger partial charge >= 0.3 is 0 Å². The Bertz CT molecular complexity index is 163. The predicted molar refractivity (Wildman–Crippen MR) is 45.4 cm³/mol. The number of nitrogens with one attached hydrogen (secondary N) is 1. The van der Waals surface area contributed by atoms with E-state index in [-0.39, 0.29) is 12.6 Å². The Morgan fingerprint density at radius 2 is 2.25 bits per heavy atom. The van der Waals surface area contributed by atoms with Gasteiger partial charge in [-0.3, -0.25) is 0 Å². The van der Waals surface area contributed by atoms with Crippen molar-refractivity contribution in [2.24, 2.45) is 0 Å². The van der Waals surface area contributed by atoms with Gasteiger partial charge in [-0.15, -0.1) is 0 Å². The third-order valence-corrected chi connectivity index (χ3v) is 1.57. The summed E-state index contributed by atoms with van der Waals surface area (Å²) < 4.78 is 0. The van der Waals surface area contributed by atoms with E-state index in [0.29, 0.717) is 13.0 Å². The van der Waals surface area contributed by atoms with Crippen molar-refractivity contribution >= 4 is 0 Å². The lowest BCUT2D eigenvalue weighted by Gasteiger charge is -2.22. The van der Waals surface area contributed by atoms with E-state index in [0.717, 1.165) is 0 Å². The van der Waals surface area contributed by atoms with Crippen molar-refractivity contribution in [2.75, 3.05) is 13.2 Å². The van der Waals surface area contributed by atoms with Crippen LogP contribution in [0.3, 0.4) is 0 Å². The molecule has 0 heterocycles. The van der Waals surface area contributed by atoms with Gasteiger partial charge in [0.1, 0.15) is 0 Å². The molecule has 0 aliphatic heterocycles. The van der Waals surface area contributed by atoms with Crippen LogP contribution in [0.4, 0.5) is 0 Å². The molecule has 12 heavy (non-hydrogen) atoms. The number of aliphatic hydroxyl groups is 2. The molecule has 0 aliphatic carbocycles. The summed E-state index contributed by atoms with van der Waals surface area (Å²) in [5.74, 6) is 0. The van der Waals surface area contributed by atoms with E-state index in [1.807, 2.05) is 13.0 Å². The van der Waals surface area contributed by atoms with Gasteiger partial charge in [-0.2, -0.15) is 5.26 Å². The fourth-order valence-corrected chi connectivity index (χ4v) is 0.659. The molecule has 0 rings (SSSR count). The lowest BCUT2D eigenvalue weighted by atomic mass is 10.1. The van der Waals surface area contributed by atoms with Crippen molar-refractivity contribution in [1.29, 1.82) is 5.26 Å². The third-order valence-electron chi connectivity index (χ3n) is 1.57. The van der Waals surface area contributed by atoms with E-state index < -0.39 is 5.60 Å². The molecular weight excluding hydrogens is 156 g/mol. The molecule has 3 N–H and O–H groups in total. The topological polar surface area (TPSA) is 76.3 Å². The largest absolute Gasteiger partial charge is 0.393 e. The quantitative estimate of drug-likeness (QED) is 0.528.